The van der Waals surface area contributed by atoms with E-state index in [2.05, 4.69) is 16.5 Å². The lowest BCUT2D eigenvalue weighted by molar-refractivity contribution is 0.0951. The summed E-state index contributed by atoms with van der Waals surface area (Å²) in [7, 11) is 0. The van der Waals surface area contributed by atoms with E-state index in [9.17, 15) is 4.79 Å². The Bertz CT molecular complexity index is 974. The van der Waals surface area contributed by atoms with E-state index in [1.807, 2.05) is 70.6 Å². The summed E-state index contributed by atoms with van der Waals surface area (Å²) >= 11 is 3.36. The molecule has 0 fully saturated rings. The molecule has 6 heteroatoms. The summed E-state index contributed by atoms with van der Waals surface area (Å²) in [5, 5.41) is 4.96. The van der Waals surface area contributed by atoms with Gasteiger partial charge in [-0.1, -0.05) is 12.1 Å². The first-order valence-electron chi connectivity index (χ1n) is 8.24. The van der Waals surface area contributed by atoms with Crippen molar-refractivity contribution in [2.24, 2.45) is 0 Å². The van der Waals surface area contributed by atoms with Crippen molar-refractivity contribution >= 4 is 34.7 Å². The predicted molar refractivity (Wildman–Crippen MR) is 107 cm³/mol. The molecule has 0 aliphatic rings. The number of fused-ring (bicyclic) bond motifs is 1. The highest BCUT2D eigenvalue weighted by atomic mass is 32.2. The molecule has 130 valence electrons. The van der Waals surface area contributed by atoms with Gasteiger partial charge in [0.05, 0.1) is 12.2 Å². The molecule has 0 unspecified atom stereocenters. The first kappa shape index (κ1) is 16.9. The number of benzene rings is 1. The van der Waals surface area contributed by atoms with Gasteiger partial charge in [-0.15, -0.1) is 23.1 Å². The van der Waals surface area contributed by atoms with Crippen LogP contribution in [0.1, 0.15) is 20.9 Å². The van der Waals surface area contributed by atoms with Crippen molar-refractivity contribution in [2.45, 2.75) is 17.2 Å². The minimum absolute atomic E-state index is 0.0460. The maximum absolute atomic E-state index is 12.2. The number of thiophene rings is 1. The van der Waals surface area contributed by atoms with Gasteiger partial charge in [0.1, 0.15) is 5.65 Å². The molecule has 3 heterocycles. The highest BCUT2D eigenvalue weighted by Crippen LogP contribution is 2.23. The Hall–Kier alpha value is -2.57. The highest BCUT2D eigenvalue weighted by Gasteiger charge is 2.07. The third kappa shape index (κ3) is 3.98. The first-order chi connectivity index (χ1) is 12.8. The molecule has 0 radical (unpaired) electrons. The fourth-order valence-electron chi connectivity index (χ4n) is 2.60. The normalized spacial score (nSPS) is 10.9. The van der Waals surface area contributed by atoms with Gasteiger partial charge in [0, 0.05) is 33.5 Å². The van der Waals surface area contributed by atoms with Crippen LogP contribution in [0.3, 0.4) is 0 Å². The molecule has 0 atom stereocenters. The van der Waals surface area contributed by atoms with Crippen LogP contribution < -0.4 is 5.32 Å². The average molecular weight is 380 g/mol. The van der Waals surface area contributed by atoms with Gasteiger partial charge in [-0.25, -0.2) is 4.98 Å². The van der Waals surface area contributed by atoms with Crippen molar-refractivity contribution < 1.29 is 4.79 Å². The van der Waals surface area contributed by atoms with E-state index in [-0.39, 0.29) is 5.91 Å². The number of aromatic nitrogens is 2. The number of imidazole rings is 1. The Kier molecular flexibility index (Phi) is 5.04. The van der Waals surface area contributed by atoms with E-state index in [4.69, 9.17) is 0 Å². The number of pyridine rings is 1. The van der Waals surface area contributed by atoms with Crippen LogP contribution in [0.15, 0.2) is 77.3 Å². The summed E-state index contributed by atoms with van der Waals surface area (Å²) in [5.74, 6) is 0.751. The number of amides is 1. The lowest BCUT2D eigenvalue weighted by Gasteiger charge is -2.05. The lowest BCUT2D eigenvalue weighted by atomic mass is 10.2. The predicted octanol–water partition coefficient (Wildman–Crippen LogP) is 4.62. The SMILES string of the molecule is O=C(NCc1cccs1)c1ccc(SCc2cn3ccccc3n2)cc1. The molecule has 4 aromatic rings. The van der Waals surface area contributed by atoms with Crippen LogP contribution in [0.5, 0.6) is 0 Å². The topological polar surface area (TPSA) is 46.4 Å². The molecule has 3 aromatic heterocycles. The van der Waals surface area contributed by atoms with E-state index in [0.29, 0.717) is 12.1 Å². The summed E-state index contributed by atoms with van der Waals surface area (Å²) < 4.78 is 2.02. The van der Waals surface area contributed by atoms with Crippen molar-refractivity contribution in [2.75, 3.05) is 0 Å². The number of hydrogen-bond donors (Lipinski definition) is 1. The minimum atomic E-state index is -0.0460. The van der Waals surface area contributed by atoms with E-state index < -0.39 is 0 Å². The standard InChI is InChI=1S/C20H17N3OS2/c24-20(21-12-18-4-3-11-25-18)15-6-8-17(9-7-15)26-14-16-13-23-10-2-1-5-19(23)22-16/h1-11,13H,12,14H2,(H,21,24). The minimum Gasteiger partial charge on any atom is -0.347 e. The average Bonchev–Trinajstić information content (AvgIpc) is 3.34. The third-order valence-corrected chi connectivity index (χ3v) is 5.84. The van der Waals surface area contributed by atoms with E-state index >= 15 is 0 Å². The van der Waals surface area contributed by atoms with E-state index in [0.717, 1.165) is 26.9 Å². The first-order valence-corrected chi connectivity index (χ1v) is 10.1. The zero-order chi connectivity index (χ0) is 17.8. The largest absolute Gasteiger partial charge is 0.347 e. The van der Waals surface area contributed by atoms with Crippen LogP contribution in [-0.2, 0) is 12.3 Å². The summed E-state index contributed by atoms with van der Waals surface area (Å²) in [6.07, 6.45) is 4.05. The fraction of sp³-hybridized carbons (Fsp3) is 0.100. The van der Waals surface area contributed by atoms with Gasteiger partial charge >= 0.3 is 0 Å². The Balaban J connectivity index is 1.34. The quantitative estimate of drug-likeness (QED) is 0.497. The van der Waals surface area contributed by atoms with Crippen LogP contribution in [0, 0.1) is 0 Å². The van der Waals surface area contributed by atoms with E-state index in [1.54, 1.807) is 23.1 Å². The summed E-state index contributed by atoms with van der Waals surface area (Å²) in [5.41, 5.74) is 2.68. The third-order valence-electron chi connectivity index (χ3n) is 3.92. The smallest absolute Gasteiger partial charge is 0.251 e. The second-order valence-corrected chi connectivity index (χ2v) is 7.85. The number of rotatable bonds is 6. The molecule has 0 saturated carbocycles. The van der Waals surface area contributed by atoms with Crippen LogP contribution in [-0.4, -0.2) is 15.3 Å². The van der Waals surface area contributed by atoms with Crippen LogP contribution in [0.2, 0.25) is 0 Å². The van der Waals surface area contributed by atoms with Crippen LogP contribution >= 0.6 is 23.1 Å². The van der Waals surface area contributed by atoms with Gasteiger partial charge in [-0.05, 0) is 47.8 Å². The molecular weight excluding hydrogens is 362 g/mol. The van der Waals surface area contributed by atoms with E-state index in [1.165, 1.54) is 0 Å². The van der Waals surface area contributed by atoms with Gasteiger partial charge < -0.3 is 9.72 Å². The zero-order valence-electron chi connectivity index (χ0n) is 14.0. The highest BCUT2D eigenvalue weighted by molar-refractivity contribution is 7.98. The molecule has 1 aromatic carbocycles. The molecule has 4 rings (SSSR count). The lowest BCUT2D eigenvalue weighted by Crippen LogP contribution is -2.22. The number of hydrogen-bond acceptors (Lipinski definition) is 4. The number of thioether (sulfide) groups is 1. The van der Waals surface area contributed by atoms with Gasteiger partial charge in [0.2, 0.25) is 0 Å². The second kappa shape index (κ2) is 7.76. The van der Waals surface area contributed by atoms with Crippen LogP contribution in [0.25, 0.3) is 5.65 Å². The molecule has 1 amide bonds. The Morgan fingerprint density at radius 1 is 1.12 bits per heavy atom. The molecule has 0 spiro atoms. The molecule has 1 N–H and O–H groups in total. The number of carbonyl (C=O) groups excluding carboxylic acids is 1. The van der Waals surface area contributed by atoms with Crippen molar-refractivity contribution in [1.82, 2.24) is 14.7 Å². The molecule has 0 aliphatic carbocycles. The van der Waals surface area contributed by atoms with Crippen molar-refractivity contribution in [3.05, 3.63) is 88.5 Å². The van der Waals surface area contributed by atoms with Gasteiger partial charge in [-0.2, -0.15) is 0 Å². The molecule has 0 bridgehead atoms. The number of nitrogens with zero attached hydrogens (tertiary/aromatic N) is 2. The monoisotopic (exact) mass is 379 g/mol. The van der Waals surface area contributed by atoms with Gasteiger partial charge in [0.25, 0.3) is 5.91 Å². The zero-order valence-corrected chi connectivity index (χ0v) is 15.6. The van der Waals surface area contributed by atoms with Crippen molar-refractivity contribution in [3.63, 3.8) is 0 Å². The maximum atomic E-state index is 12.2. The second-order valence-electron chi connectivity index (χ2n) is 5.77. The van der Waals surface area contributed by atoms with Crippen LogP contribution in [0.4, 0.5) is 0 Å². The molecule has 0 saturated heterocycles. The molecular formula is C20H17N3OS2. The van der Waals surface area contributed by atoms with Gasteiger partial charge in [-0.3, -0.25) is 4.79 Å². The molecule has 26 heavy (non-hydrogen) atoms. The Morgan fingerprint density at radius 2 is 2.00 bits per heavy atom. The maximum Gasteiger partial charge on any atom is 0.251 e. The fourth-order valence-corrected chi connectivity index (χ4v) is 4.03. The molecule has 4 nitrogen and oxygen atoms in total. The Morgan fingerprint density at radius 3 is 2.77 bits per heavy atom. The van der Waals surface area contributed by atoms with Crippen molar-refractivity contribution in [1.29, 1.82) is 0 Å². The van der Waals surface area contributed by atoms with Gasteiger partial charge in [0.15, 0.2) is 0 Å². The summed E-state index contributed by atoms with van der Waals surface area (Å²) in [6, 6.07) is 17.7. The molecule has 0 aliphatic heterocycles. The Labute approximate surface area is 159 Å². The summed E-state index contributed by atoms with van der Waals surface area (Å²) in [4.78, 5) is 19.1. The summed E-state index contributed by atoms with van der Waals surface area (Å²) in [6.45, 7) is 0.570. The number of nitrogens with one attached hydrogen (secondary N) is 1. The number of carbonyl (C=O) groups is 1. The van der Waals surface area contributed by atoms with Crippen molar-refractivity contribution in [3.8, 4) is 0 Å².